The summed E-state index contributed by atoms with van der Waals surface area (Å²) in [5, 5.41) is 2.93. The first-order chi connectivity index (χ1) is 10.5. The number of hydrogen-bond donors (Lipinski definition) is 1. The molecule has 1 unspecified atom stereocenters. The molecule has 2 aliphatic rings. The molecular formula is C15H19BrN2O3S. The summed E-state index contributed by atoms with van der Waals surface area (Å²) in [4.78, 5) is 12.6. The zero-order chi connectivity index (χ0) is 15.7. The highest BCUT2D eigenvalue weighted by molar-refractivity contribution is 9.10. The average Bonchev–Trinajstić information content (AvgIpc) is 3.31. The number of hydrogen-bond acceptors (Lipinski definition) is 3. The summed E-state index contributed by atoms with van der Waals surface area (Å²) < 4.78 is 27.9. The predicted molar refractivity (Wildman–Crippen MR) is 86.8 cm³/mol. The first-order valence-electron chi connectivity index (χ1n) is 7.56. The van der Waals surface area contributed by atoms with Crippen molar-refractivity contribution in [3.8, 4) is 0 Å². The molecule has 2 fully saturated rings. The first kappa shape index (κ1) is 16.0. The fourth-order valence-corrected chi connectivity index (χ4v) is 4.64. The number of rotatable bonds is 4. The van der Waals surface area contributed by atoms with E-state index in [4.69, 9.17) is 0 Å². The summed E-state index contributed by atoms with van der Waals surface area (Å²) in [5.74, 6) is -0.150. The number of carbonyl (C=O) groups excluding carboxylic acids is 1. The molecule has 5 nitrogen and oxygen atoms in total. The van der Waals surface area contributed by atoms with Gasteiger partial charge in [-0.2, -0.15) is 4.31 Å². The third-order valence-corrected chi connectivity index (χ3v) is 6.55. The topological polar surface area (TPSA) is 66.5 Å². The van der Waals surface area contributed by atoms with Crippen molar-refractivity contribution in [2.75, 3.05) is 6.54 Å². The Morgan fingerprint density at radius 2 is 1.82 bits per heavy atom. The van der Waals surface area contributed by atoms with Crippen molar-refractivity contribution in [1.82, 2.24) is 9.62 Å². The highest BCUT2D eigenvalue weighted by atomic mass is 79.9. The standard InChI is InChI=1S/C15H19BrN2O3S/c16-11-4-8-13(9-5-11)22(20,21)18-10-2-1-3-14(18)15(19)17-12-6-7-12/h4-5,8-9,12,14H,1-3,6-7,10H2,(H,17,19). The summed E-state index contributed by atoms with van der Waals surface area (Å²) in [7, 11) is -3.64. The number of sulfonamides is 1. The van der Waals surface area contributed by atoms with Gasteiger partial charge in [0.05, 0.1) is 4.90 Å². The van der Waals surface area contributed by atoms with Gasteiger partial charge in [-0.05, 0) is 49.9 Å². The highest BCUT2D eigenvalue weighted by Crippen LogP contribution is 2.27. The van der Waals surface area contributed by atoms with Crippen LogP contribution >= 0.6 is 15.9 Å². The number of carbonyl (C=O) groups is 1. The number of benzene rings is 1. The molecule has 1 atom stereocenters. The molecule has 0 aromatic heterocycles. The van der Waals surface area contributed by atoms with Crippen molar-refractivity contribution < 1.29 is 13.2 Å². The monoisotopic (exact) mass is 386 g/mol. The quantitative estimate of drug-likeness (QED) is 0.862. The van der Waals surface area contributed by atoms with Crippen LogP contribution in [0.4, 0.5) is 0 Å². The number of piperidine rings is 1. The van der Waals surface area contributed by atoms with Crippen LogP contribution in [0.5, 0.6) is 0 Å². The summed E-state index contributed by atoms with van der Waals surface area (Å²) in [5.41, 5.74) is 0. The minimum atomic E-state index is -3.64. The Kier molecular flexibility index (Phi) is 4.56. The van der Waals surface area contributed by atoms with E-state index >= 15 is 0 Å². The molecular weight excluding hydrogens is 368 g/mol. The SMILES string of the molecule is O=C(NC1CC1)C1CCCCN1S(=O)(=O)c1ccc(Br)cc1. The molecule has 0 radical (unpaired) electrons. The van der Waals surface area contributed by atoms with Gasteiger partial charge in [-0.1, -0.05) is 22.4 Å². The summed E-state index contributed by atoms with van der Waals surface area (Å²) in [6.07, 6.45) is 4.27. The molecule has 1 aliphatic carbocycles. The molecule has 0 bridgehead atoms. The molecule has 120 valence electrons. The van der Waals surface area contributed by atoms with Crippen molar-refractivity contribution in [1.29, 1.82) is 0 Å². The molecule has 3 rings (SSSR count). The Hall–Kier alpha value is -0.920. The summed E-state index contributed by atoms with van der Waals surface area (Å²) >= 11 is 3.30. The van der Waals surface area contributed by atoms with Crippen LogP contribution in [0.2, 0.25) is 0 Å². The van der Waals surface area contributed by atoms with Gasteiger partial charge in [0, 0.05) is 17.1 Å². The number of nitrogens with zero attached hydrogens (tertiary/aromatic N) is 1. The van der Waals surface area contributed by atoms with E-state index < -0.39 is 16.1 Å². The summed E-state index contributed by atoms with van der Waals surface area (Å²) in [6.45, 7) is 0.404. The van der Waals surface area contributed by atoms with E-state index in [1.807, 2.05) is 0 Å². The van der Waals surface area contributed by atoms with Gasteiger partial charge >= 0.3 is 0 Å². The molecule has 1 saturated heterocycles. The van der Waals surface area contributed by atoms with Crippen LogP contribution in [-0.4, -0.2) is 37.3 Å². The third-order valence-electron chi connectivity index (χ3n) is 4.10. The van der Waals surface area contributed by atoms with Crippen LogP contribution in [0.1, 0.15) is 32.1 Å². The van der Waals surface area contributed by atoms with E-state index in [0.29, 0.717) is 13.0 Å². The maximum absolute atomic E-state index is 12.8. The molecule has 1 aromatic rings. The molecule has 1 N–H and O–H groups in total. The van der Waals surface area contributed by atoms with E-state index in [1.54, 1.807) is 24.3 Å². The van der Waals surface area contributed by atoms with E-state index in [0.717, 1.165) is 30.2 Å². The molecule has 1 amide bonds. The van der Waals surface area contributed by atoms with E-state index in [2.05, 4.69) is 21.2 Å². The largest absolute Gasteiger partial charge is 0.352 e. The normalized spacial score (nSPS) is 23.2. The second kappa shape index (κ2) is 6.29. The molecule has 7 heteroatoms. The first-order valence-corrected chi connectivity index (χ1v) is 9.79. The Morgan fingerprint density at radius 1 is 1.14 bits per heavy atom. The van der Waals surface area contributed by atoms with Crippen LogP contribution in [0.25, 0.3) is 0 Å². The van der Waals surface area contributed by atoms with Gasteiger partial charge in [0.1, 0.15) is 6.04 Å². The lowest BCUT2D eigenvalue weighted by Crippen LogP contribution is -2.52. The van der Waals surface area contributed by atoms with Crippen LogP contribution in [0, 0.1) is 0 Å². The van der Waals surface area contributed by atoms with Gasteiger partial charge in [0.15, 0.2) is 0 Å². The number of halogens is 1. The highest BCUT2D eigenvalue weighted by Gasteiger charge is 2.39. The Morgan fingerprint density at radius 3 is 2.45 bits per heavy atom. The lowest BCUT2D eigenvalue weighted by Gasteiger charge is -2.33. The fourth-order valence-electron chi connectivity index (χ4n) is 2.72. The summed E-state index contributed by atoms with van der Waals surface area (Å²) in [6, 6.07) is 6.22. The zero-order valence-corrected chi connectivity index (χ0v) is 14.6. The third kappa shape index (κ3) is 3.36. The molecule has 0 spiro atoms. The fraction of sp³-hybridized carbons (Fsp3) is 0.533. The van der Waals surface area contributed by atoms with Gasteiger partial charge in [-0.15, -0.1) is 0 Å². The second-order valence-corrected chi connectivity index (χ2v) is 8.67. The van der Waals surface area contributed by atoms with Gasteiger partial charge < -0.3 is 5.32 Å². The van der Waals surface area contributed by atoms with Crippen molar-refractivity contribution in [3.63, 3.8) is 0 Å². The molecule has 22 heavy (non-hydrogen) atoms. The molecule has 1 heterocycles. The van der Waals surface area contributed by atoms with E-state index in [1.165, 1.54) is 4.31 Å². The number of amides is 1. The lowest BCUT2D eigenvalue weighted by molar-refractivity contribution is -0.125. The zero-order valence-electron chi connectivity index (χ0n) is 12.2. The molecule has 1 saturated carbocycles. The van der Waals surface area contributed by atoms with Crippen molar-refractivity contribution in [2.45, 2.75) is 49.1 Å². The predicted octanol–water partition coefficient (Wildman–Crippen LogP) is 2.27. The lowest BCUT2D eigenvalue weighted by atomic mass is 10.0. The van der Waals surface area contributed by atoms with Crippen molar-refractivity contribution in [3.05, 3.63) is 28.7 Å². The average molecular weight is 387 g/mol. The second-order valence-electron chi connectivity index (χ2n) is 5.86. The maximum atomic E-state index is 12.8. The Balaban J connectivity index is 1.85. The van der Waals surface area contributed by atoms with Crippen molar-refractivity contribution in [2.24, 2.45) is 0 Å². The van der Waals surface area contributed by atoms with Crippen LogP contribution < -0.4 is 5.32 Å². The minimum absolute atomic E-state index is 0.150. The smallest absolute Gasteiger partial charge is 0.243 e. The Labute approximate surface area is 139 Å². The van der Waals surface area contributed by atoms with Crippen LogP contribution in [0.3, 0.4) is 0 Å². The molecule has 1 aliphatic heterocycles. The van der Waals surface area contributed by atoms with E-state index in [9.17, 15) is 13.2 Å². The maximum Gasteiger partial charge on any atom is 0.243 e. The van der Waals surface area contributed by atoms with E-state index in [-0.39, 0.29) is 16.8 Å². The van der Waals surface area contributed by atoms with Crippen molar-refractivity contribution >= 4 is 31.9 Å². The van der Waals surface area contributed by atoms with Gasteiger partial charge in [-0.3, -0.25) is 4.79 Å². The van der Waals surface area contributed by atoms with Gasteiger partial charge in [-0.25, -0.2) is 8.42 Å². The van der Waals surface area contributed by atoms with Gasteiger partial charge in [0.25, 0.3) is 0 Å². The molecule has 1 aromatic carbocycles. The van der Waals surface area contributed by atoms with Crippen LogP contribution in [0.15, 0.2) is 33.6 Å². The van der Waals surface area contributed by atoms with Gasteiger partial charge in [0.2, 0.25) is 15.9 Å². The van der Waals surface area contributed by atoms with Crippen LogP contribution in [-0.2, 0) is 14.8 Å². The Bertz CT molecular complexity index is 656. The number of nitrogens with one attached hydrogen (secondary N) is 1. The minimum Gasteiger partial charge on any atom is -0.352 e.